The first-order valence-electron chi connectivity index (χ1n) is 5.18. The van der Waals surface area contributed by atoms with Gasteiger partial charge in [-0.05, 0) is 12.8 Å². The monoisotopic (exact) mass is 195 g/mol. The second-order valence-corrected chi connectivity index (χ2v) is 3.14. The lowest BCUT2D eigenvalue weighted by molar-refractivity contribution is 0.224. The molecular weight excluding hydrogens is 174 g/mol. The van der Waals surface area contributed by atoms with Gasteiger partial charge in [0.1, 0.15) is 0 Å². The molecule has 0 saturated heterocycles. The number of nitrogens with zero attached hydrogens (tertiary/aromatic N) is 1. The van der Waals surface area contributed by atoms with Crippen LogP contribution in [0.15, 0.2) is 29.4 Å². The predicted octanol–water partition coefficient (Wildman–Crippen LogP) is 3.35. The molecule has 0 aliphatic heterocycles. The van der Waals surface area contributed by atoms with Crippen LogP contribution in [0, 0.1) is 0 Å². The molecule has 0 unspecified atom stereocenters. The van der Waals surface area contributed by atoms with Gasteiger partial charge in [0.25, 0.3) is 0 Å². The number of rotatable bonds is 8. The zero-order valence-electron chi connectivity index (χ0n) is 9.33. The SMILES string of the molecule is C=C/C=N\C(=C/CCCCC)COC. The van der Waals surface area contributed by atoms with Crippen LogP contribution in [-0.4, -0.2) is 19.9 Å². The van der Waals surface area contributed by atoms with Gasteiger partial charge in [0, 0.05) is 13.3 Å². The second kappa shape index (κ2) is 10.2. The smallest absolute Gasteiger partial charge is 0.0880 e. The maximum absolute atomic E-state index is 5.04. The minimum atomic E-state index is 0.580. The van der Waals surface area contributed by atoms with E-state index in [9.17, 15) is 0 Å². The van der Waals surface area contributed by atoms with Crippen LogP contribution in [0.2, 0.25) is 0 Å². The van der Waals surface area contributed by atoms with Crippen LogP contribution in [0.3, 0.4) is 0 Å². The van der Waals surface area contributed by atoms with Crippen LogP contribution in [0.5, 0.6) is 0 Å². The lowest BCUT2D eigenvalue weighted by Gasteiger charge is -1.99. The number of hydrogen-bond donors (Lipinski definition) is 0. The average Bonchev–Trinajstić information content (AvgIpc) is 2.20. The van der Waals surface area contributed by atoms with Crippen molar-refractivity contribution in [3.05, 3.63) is 24.4 Å². The van der Waals surface area contributed by atoms with Crippen molar-refractivity contribution in [2.24, 2.45) is 4.99 Å². The van der Waals surface area contributed by atoms with Gasteiger partial charge in [-0.25, -0.2) is 0 Å². The number of methoxy groups -OCH3 is 1. The number of allylic oxidation sites excluding steroid dienone is 2. The number of unbranched alkanes of at least 4 members (excludes halogenated alkanes) is 3. The maximum Gasteiger partial charge on any atom is 0.0880 e. The van der Waals surface area contributed by atoms with Gasteiger partial charge in [-0.3, -0.25) is 4.99 Å². The van der Waals surface area contributed by atoms with Crippen molar-refractivity contribution in [1.82, 2.24) is 0 Å². The highest BCUT2D eigenvalue weighted by molar-refractivity contribution is 5.71. The highest BCUT2D eigenvalue weighted by atomic mass is 16.5. The van der Waals surface area contributed by atoms with Crippen molar-refractivity contribution in [2.75, 3.05) is 13.7 Å². The molecule has 0 aromatic heterocycles. The van der Waals surface area contributed by atoms with Gasteiger partial charge in [-0.2, -0.15) is 0 Å². The van der Waals surface area contributed by atoms with Gasteiger partial charge < -0.3 is 4.74 Å². The highest BCUT2D eigenvalue weighted by Gasteiger charge is 1.91. The Bertz CT molecular complexity index is 194. The largest absolute Gasteiger partial charge is 0.378 e. The number of ether oxygens (including phenoxy) is 1. The molecular formula is C12H21NO. The fraction of sp³-hybridized carbons (Fsp3) is 0.583. The lowest BCUT2D eigenvalue weighted by atomic mass is 10.2. The summed E-state index contributed by atoms with van der Waals surface area (Å²) in [6, 6.07) is 0. The molecule has 0 radical (unpaired) electrons. The molecule has 0 aliphatic carbocycles. The molecule has 2 nitrogen and oxygen atoms in total. The first-order valence-corrected chi connectivity index (χ1v) is 5.18. The predicted molar refractivity (Wildman–Crippen MR) is 62.8 cm³/mol. The van der Waals surface area contributed by atoms with E-state index in [0.29, 0.717) is 6.61 Å². The zero-order chi connectivity index (χ0) is 10.6. The Kier molecular flexibility index (Phi) is 9.54. The number of aliphatic imine (C=N–C) groups is 1. The molecule has 80 valence electrons. The van der Waals surface area contributed by atoms with Gasteiger partial charge in [-0.15, -0.1) is 0 Å². The first-order chi connectivity index (χ1) is 6.85. The summed E-state index contributed by atoms with van der Waals surface area (Å²) < 4.78 is 5.04. The fourth-order valence-electron chi connectivity index (χ4n) is 1.11. The molecule has 0 saturated carbocycles. The van der Waals surface area contributed by atoms with E-state index in [1.807, 2.05) is 0 Å². The molecule has 0 rings (SSSR count). The Morgan fingerprint density at radius 1 is 1.43 bits per heavy atom. The van der Waals surface area contributed by atoms with Crippen LogP contribution in [0.1, 0.15) is 32.6 Å². The van der Waals surface area contributed by atoms with Gasteiger partial charge in [-0.1, -0.05) is 38.5 Å². The third-order valence-corrected chi connectivity index (χ3v) is 1.83. The van der Waals surface area contributed by atoms with E-state index in [0.717, 1.165) is 12.1 Å². The third-order valence-electron chi connectivity index (χ3n) is 1.83. The van der Waals surface area contributed by atoms with Crippen LogP contribution >= 0.6 is 0 Å². The zero-order valence-corrected chi connectivity index (χ0v) is 9.33. The molecule has 14 heavy (non-hydrogen) atoms. The van der Waals surface area contributed by atoms with E-state index >= 15 is 0 Å². The highest BCUT2D eigenvalue weighted by Crippen LogP contribution is 2.04. The van der Waals surface area contributed by atoms with Crippen LogP contribution in [0.4, 0.5) is 0 Å². The molecule has 0 atom stereocenters. The van der Waals surface area contributed by atoms with E-state index in [1.165, 1.54) is 19.3 Å². The van der Waals surface area contributed by atoms with Gasteiger partial charge in [0.05, 0.1) is 12.3 Å². The van der Waals surface area contributed by atoms with Gasteiger partial charge >= 0.3 is 0 Å². The molecule has 0 bridgehead atoms. The summed E-state index contributed by atoms with van der Waals surface area (Å²) in [6.07, 6.45) is 10.4. The van der Waals surface area contributed by atoms with Gasteiger partial charge in [0.15, 0.2) is 0 Å². The maximum atomic E-state index is 5.04. The Hall–Kier alpha value is -0.890. The summed E-state index contributed by atoms with van der Waals surface area (Å²) in [7, 11) is 1.68. The summed E-state index contributed by atoms with van der Waals surface area (Å²) in [5, 5.41) is 0. The molecule has 0 spiro atoms. The van der Waals surface area contributed by atoms with Crippen LogP contribution < -0.4 is 0 Å². The minimum absolute atomic E-state index is 0.580. The molecule has 0 aromatic rings. The van der Waals surface area contributed by atoms with Crippen molar-refractivity contribution in [1.29, 1.82) is 0 Å². The van der Waals surface area contributed by atoms with Gasteiger partial charge in [0.2, 0.25) is 0 Å². The average molecular weight is 195 g/mol. The summed E-state index contributed by atoms with van der Waals surface area (Å²) >= 11 is 0. The summed E-state index contributed by atoms with van der Waals surface area (Å²) in [5.74, 6) is 0. The van der Waals surface area contributed by atoms with E-state index in [-0.39, 0.29) is 0 Å². The molecule has 0 fully saturated rings. The topological polar surface area (TPSA) is 21.6 Å². The molecule has 0 N–H and O–H groups in total. The standard InChI is InChI=1S/C12H21NO/c1-4-6-7-8-9-12(11-14-3)13-10-5-2/h5,9-10H,2,4,6-8,11H2,1,3H3/b12-9-,13-10-. The summed E-state index contributed by atoms with van der Waals surface area (Å²) in [6.45, 7) is 6.37. The number of hydrogen-bond acceptors (Lipinski definition) is 2. The third kappa shape index (κ3) is 7.74. The van der Waals surface area contributed by atoms with Crippen molar-refractivity contribution in [3.63, 3.8) is 0 Å². The Balaban J connectivity index is 3.90. The van der Waals surface area contributed by atoms with Crippen molar-refractivity contribution in [3.8, 4) is 0 Å². The Morgan fingerprint density at radius 2 is 2.21 bits per heavy atom. The van der Waals surface area contributed by atoms with Crippen LogP contribution in [-0.2, 0) is 4.74 Å². The molecule has 0 heterocycles. The van der Waals surface area contributed by atoms with E-state index in [2.05, 4.69) is 24.6 Å². The van der Waals surface area contributed by atoms with Crippen LogP contribution in [0.25, 0.3) is 0 Å². The summed E-state index contributed by atoms with van der Waals surface area (Å²) in [4.78, 5) is 4.22. The molecule has 0 aromatic carbocycles. The molecule has 0 aliphatic rings. The molecule has 2 heteroatoms. The second-order valence-electron chi connectivity index (χ2n) is 3.14. The summed E-state index contributed by atoms with van der Waals surface area (Å²) in [5.41, 5.74) is 0.989. The van der Waals surface area contributed by atoms with Crippen molar-refractivity contribution in [2.45, 2.75) is 32.6 Å². The van der Waals surface area contributed by atoms with Crippen molar-refractivity contribution >= 4 is 6.21 Å². The Morgan fingerprint density at radius 3 is 2.79 bits per heavy atom. The first kappa shape index (κ1) is 13.1. The van der Waals surface area contributed by atoms with E-state index in [1.54, 1.807) is 19.4 Å². The lowest BCUT2D eigenvalue weighted by Crippen LogP contribution is -1.92. The quantitative estimate of drug-likeness (QED) is 0.430. The Labute approximate surface area is 87.4 Å². The normalized spacial score (nSPS) is 12.3. The molecule has 0 amide bonds. The van der Waals surface area contributed by atoms with Crippen molar-refractivity contribution < 1.29 is 4.74 Å². The minimum Gasteiger partial charge on any atom is -0.378 e. The van der Waals surface area contributed by atoms with E-state index < -0.39 is 0 Å². The fourth-order valence-corrected chi connectivity index (χ4v) is 1.11. The van der Waals surface area contributed by atoms with E-state index in [4.69, 9.17) is 4.74 Å².